The fourth-order valence-electron chi connectivity index (χ4n) is 3.39. The number of rotatable bonds is 5. The summed E-state index contributed by atoms with van der Waals surface area (Å²) in [5.41, 5.74) is 2.65. The number of carbonyl (C=O) groups is 2. The third-order valence-electron chi connectivity index (χ3n) is 5.02. The topological polar surface area (TPSA) is 61.4 Å². The van der Waals surface area contributed by atoms with Crippen molar-refractivity contribution in [3.63, 3.8) is 0 Å². The quantitative estimate of drug-likeness (QED) is 0.856. The van der Waals surface area contributed by atoms with Gasteiger partial charge in [-0.3, -0.25) is 9.59 Å². The van der Waals surface area contributed by atoms with Gasteiger partial charge in [0.25, 0.3) is 5.91 Å². The van der Waals surface area contributed by atoms with Gasteiger partial charge in [0.2, 0.25) is 5.91 Å². The molecule has 142 valence electrons. The summed E-state index contributed by atoms with van der Waals surface area (Å²) < 4.78 is 0. The van der Waals surface area contributed by atoms with Gasteiger partial charge in [0.05, 0.1) is 12.5 Å². The molecule has 0 saturated carbocycles. The Kier molecular flexibility index (Phi) is 6.24. The van der Waals surface area contributed by atoms with E-state index in [0.29, 0.717) is 12.1 Å². The largest absolute Gasteiger partial charge is 0.345 e. The third kappa shape index (κ3) is 4.95. The van der Waals surface area contributed by atoms with Gasteiger partial charge >= 0.3 is 0 Å². The van der Waals surface area contributed by atoms with E-state index in [1.165, 1.54) is 0 Å². The average Bonchev–Trinajstić information content (AvgIpc) is 2.69. The maximum atomic E-state index is 12.9. The lowest BCUT2D eigenvalue weighted by molar-refractivity contribution is -0.134. The molecule has 1 heterocycles. The van der Waals surface area contributed by atoms with Gasteiger partial charge in [0, 0.05) is 31.2 Å². The van der Waals surface area contributed by atoms with Crippen molar-refractivity contribution in [2.24, 2.45) is 0 Å². The highest BCUT2D eigenvalue weighted by atomic mass is 16.2. The first-order chi connectivity index (χ1) is 13.0. The zero-order valence-corrected chi connectivity index (χ0v) is 15.9. The molecule has 1 saturated heterocycles. The Hall–Kier alpha value is -2.66. The van der Waals surface area contributed by atoms with E-state index >= 15 is 0 Å². The van der Waals surface area contributed by atoms with Crippen LogP contribution in [0.3, 0.4) is 0 Å². The van der Waals surface area contributed by atoms with Crippen LogP contribution in [-0.2, 0) is 4.79 Å². The Bertz CT molecular complexity index is 774. The van der Waals surface area contributed by atoms with Gasteiger partial charge in [-0.2, -0.15) is 0 Å². The lowest BCUT2D eigenvalue weighted by Crippen LogP contribution is -2.52. The van der Waals surface area contributed by atoms with Crippen LogP contribution in [0.1, 0.15) is 40.9 Å². The average molecular weight is 365 g/mol. The molecule has 5 heteroatoms. The van der Waals surface area contributed by atoms with E-state index in [0.717, 1.165) is 24.2 Å². The van der Waals surface area contributed by atoms with Crippen LogP contribution in [0, 0.1) is 6.92 Å². The van der Waals surface area contributed by atoms with E-state index in [9.17, 15) is 9.59 Å². The first-order valence-electron chi connectivity index (χ1n) is 9.47. The number of benzene rings is 2. The summed E-state index contributed by atoms with van der Waals surface area (Å²) in [6.45, 7) is 6.35. The number of carbonyl (C=O) groups excluding carboxylic acids is 2. The predicted octanol–water partition coefficient (Wildman–Crippen LogP) is 2.68. The molecule has 2 aromatic rings. The molecule has 2 amide bonds. The first kappa shape index (κ1) is 19.1. The highest BCUT2D eigenvalue weighted by Crippen LogP contribution is 2.20. The monoisotopic (exact) mass is 365 g/mol. The predicted molar refractivity (Wildman–Crippen MR) is 106 cm³/mol. The fourth-order valence-corrected chi connectivity index (χ4v) is 3.39. The molecular formula is C22H27N3O2. The van der Waals surface area contributed by atoms with E-state index in [-0.39, 0.29) is 30.3 Å². The molecule has 0 bridgehead atoms. The van der Waals surface area contributed by atoms with Crippen LogP contribution in [0.2, 0.25) is 0 Å². The zero-order chi connectivity index (χ0) is 19.2. The van der Waals surface area contributed by atoms with Crippen molar-refractivity contribution >= 4 is 11.8 Å². The first-order valence-corrected chi connectivity index (χ1v) is 9.47. The highest BCUT2D eigenvalue weighted by molar-refractivity contribution is 5.94. The number of amides is 2. The summed E-state index contributed by atoms with van der Waals surface area (Å²) in [6.07, 6.45) is 0.256. The summed E-state index contributed by atoms with van der Waals surface area (Å²) in [6, 6.07) is 17.0. The molecule has 0 spiro atoms. The van der Waals surface area contributed by atoms with Crippen molar-refractivity contribution < 1.29 is 9.59 Å². The van der Waals surface area contributed by atoms with Gasteiger partial charge in [-0.15, -0.1) is 0 Å². The molecule has 2 N–H and O–H groups in total. The molecule has 0 radical (unpaired) electrons. The summed E-state index contributed by atoms with van der Waals surface area (Å²) >= 11 is 0. The van der Waals surface area contributed by atoms with Crippen LogP contribution in [0.25, 0.3) is 0 Å². The van der Waals surface area contributed by atoms with Crippen LogP contribution < -0.4 is 10.6 Å². The molecule has 0 aromatic heterocycles. The molecule has 1 unspecified atom stereocenters. The summed E-state index contributed by atoms with van der Waals surface area (Å²) in [5.74, 6) is -0.0907. The normalized spacial score (nSPS) is 18.0. The molecule has 1 fully saturated rings. The van der Waals surface area contributed by atoms with Crippen molar-refractivity contribution in [2.45, 2.75) is 32.4 Å². The smallest absolute Gasteiger partial charge is 0.251 e. The Labute approximate surface area is 160 Å². The Morgan fingerprint density at radius 3 is 2.52 bits per heavy atom. The van der Waals surface area contributed by atoms with Crippen LogP contribution in [-0.4, -0.2) is 42.4 Å². The third-order valence-corrected chi connectivity index (χ3v) is 5.02. The number of hydrogen-bond acceptors (Lipinski definition) is 3. The molecular weight excluding hydrogens is 338 g/mol. The lowest BCUT2D eigenvalue weighted by atomic mass is 10.0. The number of aryl methyl sites for hydroxylation is 1. The van der Waals surface area contributed by atoms with Gasteiger partial charge in [-0.25, -0.2) is 0 Å². The molecule has 1 aliphatic rings. The van der Waals surface area contributed by atoms with Crippen molar-refractivity contribution in [1.29, 1.82) is 0 Å². The second kappa shape index (κ2) is 8.82. The minimum Gasteiger partial charge on any atom is -0.345 e. The fraction of sp³-hybridized carbons (Fsp3) is 0.364. The number of hydrogen-bond donors (Lipinski definition) is 2. The van der Waals surface area contributed by atoms with Crippen molar-refractivity contribution in [3.8, 4) is 0 Å². The zero-order valence-electron chi connectivity index (χ0n) is 15.9. The van der Waals surface area contributed by atoms with E-state index < -0.39 is 0 Å². The van der Waals surface area contributed by atoms with Crippen molar-refractivity contribution in [3.05, 3.63) is 71.3 Å². The summed E-state index contributed by atoms with van der Waals surface area (Å²) in [5, 5.41) is 6.35. The van der Waals surface area contributed by atoms with Gasteiger partial charge in [0.1, 0.15) is 0 Å². The van der Waals surface area contributed by atoms with Crippen molar-refractivity contribution in [1.82, 2.24) is 15.5 Å². The highest BCUT2D eigenvalue weighted by Gasteiger charge is 2.27. The standard InChI is InChI=1S/C22H27N3O2/c1-16-8-10-19(11-9-16)22(27)24-20(18-6-4-3-5-7-18)14-21(26)25-13-12-23-15-17(25)2/h3-11,17,20,23H,12-15H2,1-2H3,(H,24,27)/t17-,20?/m0/s1. The van der Waals surface area contributed by atoms with Crippen LogP contribution >= 0.6 is 0 Å². The van der Waals surface area contributed by atoms with Crippen LogP contribution in [0.5, 0.6) is 0 Å². The second-order valence-electron chi connectivity index (χ2n) is 7.15. The van der Waals surface area contributed by atoms with Gasteiger partial charge in [-0.05, 0) is 31.5 Å². The van der Waals surface area contributed by atoms with Gasteiger partial charge in [-0.1, -0.05) is 48.0 Å². The summed E-state index contributed by atoms with van der Waals surface area (Å²) in [4.78, 5) is 27.5. The molecule has 1 aliphatic heterocycles. The van der Waals surface area contributed by atoms with E-state index in [4.69, 9.17) is 0 Å². The van der Waals surface area contributed by atoms with Crippen molar-refractivity contribution in [2.75, 3.05) is 19.6 Å². The molecule has 2 aromatic carbocycles. The lowest BCUT2D eigenvalue weighted by Gasteiger charge is -2.35. The van der Waals surface area contributed by atoms with E-state index in [1.807, 2.05) is 73.3 Å². The van der Waals surface area contributed by atoms with Gasteiger partial charge in [0.15, 0.2) is 0 Å². The maximum absolute atomic E-state index is 12.9. The Morgan fingerprint density at radius 2 is 1.85 bits per heavy atom. The van der Waals surface area contributed by atoms with Crippen LogP contribution in [0.15, 0.2) is 54.6 Å². The molecule has 3 rings (SSSR count). The Balaban J connectivity index is 1.76. The van der Waals surface area contributed by atoms with E-state index in [2.05, 4.69) is 10.6 Å². The SMILES string of the molecule is Cc1ccc(C(=O)NC(CC(=O)N2CCNC[C@@H]2C)c2ccccc2)cc1. The number of piperazine rings is 1. The van der Waals surface area contributed by atoms with Crippen LogP contribution in [0.4, 0.5) is 0 Å². The molecule has 5 nitrogen and oxygen atoms in total. The minimum absolute atomic E-state index is 0.0714. The number of nitrogens with zero attached hydrogens (tertiary/aromatic N) is 1. The van der Waals surface area contributed by atoms with Gasteiger partial charge < -0.3 is 15.5 Å². The number of nitrogens with one attached hydrogen (secondary N) is 2. The second-order valence-corrected chi connectivity index (χ2v) is 7.15. The molecule has 0 aliphatic carbocycles. The maximum Gasteiger partial charge on any atom is 0.251 e. The molecule has 27 heavy (non-hydrogen) atoms. The summed E-state index contributed by atoms with van der Waals surface area (Å²) in [7, 11) is 0. The Morgan fingerprint density at radius 1 is 1.15 bits per heavy atom. The minimum atomic E-state index is -0.352. The van der Waals surface area contributed by atoms with E-state index in [1.54, 1.807) is 0 Å². The molecule has 2 atom stereocenters.